The monoisotopic (exact) mass is 414 g/mol. The molecule has 0 saturated carbocycles. The first-order valence-electron chi connectivity index (χ1n) is 8.47. The standard InChI is InChI=1S/C19H15ClF4N2O2/c20-12-3-1-4-13(21)15(12)19(28)26-8-2-7-25(9-10-26)18(27)11-5-6-14(22)17(24)16(11)23/h1,3-6H,2,7-10H2. The second-order valence-electron chi connectivity index (χ2n) is 6.26. The topological polar surface area (TPSA) is 40.6 Å². The van der Waals surface area contributed by atoms with Crippen LogP contribution in [0.25, 0.3) is 0 Å². The van der Waals surface area contributed by atoms with Gasteiger partial charge in [0, 0.05) is 26.2 Å². The van der Waals surface area contributed by atoms with E-state index in [1.165, 1.54) is 21.9 Å². The van der Waals surface area contributed by atoms with Crippen LogP contribution in [0.4, 0.5) is 17.6 Å². The van der Waals surface area contributed by atoms with Crippen LogP contribution >= 0.6 is 11.6 Å². The molecule has 2 amide bonds. The predicted molar refractivity (Wildman–Crippen MR) is 94.2 cm³/mol. The molecule has 1 saturated heterocycles. The lowest BCUT2D eigenvalue weighted by molar-refractivity contribution is 0.0713. The molecule has 2 aromatic carbocycles. The summed E-state index contributed by atoms with van der Waals surface area (Å²) in [6.07, 6.45) is 0.342. The van der Waals surface area contributed by atoms with Gasteiger partial charge >= 0.3 is 0 Å². The van der Waals surface area contributed by atoms with Crippen molar-refractivity contribution in [2.75, 3.05) is 26.2 Å². The minimum absolute atomic E-state index is 0.0222. The molecule has 0 atom stereocenters. The number of amides is 2. The highest BCUT2D eigenvalue weighted by molar-refractivity contribution is 6.33. The summed E-state index contributed by atoms with van der Waals surface area (Å²) in [5, 5.41) is -0.0222. The van der Waals surface area contributed by atoms with Gasteiger partial charge in [-0.2, -0.15) is 0 Å². The van der Waals surface area contributed by atoms with Gasteiger partial charge in [0.25, 0.3) is 11.8 Å². The SMILES string of the molecule is O=C(c1ccc(F)c(F)c1F)N1CCCN(C(=O)c2c(F)cccc2Cl)CC1. The normalized spacial score (nSPS) is 14.8. The highest BCUT2D eigenvalue weighted by atomic mass is 35.5. The van der Waals surface area contributed by atoms with Gasteiger partial charge in [-0.1, -0.05) is 17.7 Å². The van der Waals surface area contributed by atoms with Crippen molar-refractivity contribution in [3.63, 3.8) is 0 Å². The number of hydrogen-bond donors (Lipinski definition) is 0. The maximum absolute atomic E-state index is 14.0. The lowest BCUT2D eigenvalue weighted by atomic mass is 10.1. The fourth-order valence-corrected chi connectivity index (χ4v) is 3.29. The zero-order chi connectivity index (χ0) is 20.4. The Labute approximate surface area is 163 Å². The van der Waals surface area contributed by atoms with E-state index in [2.05, 4.69) is 0 Å². The molecule has 9 heteroatoms. The summed E-state index contributed by atoms with van der Waals surface area (Å²) in [5.41, 5.74) is -0.841. The minimum atomic E-state index is -1.72. The van der Waals surface area contributed by atoms with Crippen molar-refractivity contribution in [1.29, 1.82) is 0 Å². The Balaban J connectivity index is 1.76. The van der Waals surface area contributed by atoms with Crippen molar-refractivity contribution < 1.29 is 27.2 Å². The highest BCUT2D eigenvalue weighted by Gasteiger charge is 2.28. The number of hydrogen-bond acceptors (Lipinski definition) is 2. The smallest absolute Gasteiger partial charge is 0.258 e. The Morgan fingerprint density at radius 3 is 2.07 bits per heavy atom. The molecular formula is C19H15ClF4N2O2. The van der Waals surface area contributed by atoms with Crippen LogP contribution in [0.5, 0.6) is 0 Å². The van der Waals surface area contributed by atoms with Gasteiger partial charge in [-0.15, -0.1) is 0 Å². The number of nitrogens with zero attached hydrogens (tertiary/aromatic N) is 2. The maximum Gasteiger partial charge on any atom is 0.258 e. The first-order chi connectivity index (χ1) is 13.3. The third kappa shape index (κ3) is 3.82. The molecule has 0 unspecified atom stereocenters. The maximum atomic E-state index is 14.0. The lowest BCUT2D eigenvalue weighted by Gasteiger charge is -2.23. The Bertz CT molecular complexity index is 918. The number of carbonyl (C=O) groups is 2. The first kappa shape index (κ1) is 20.1. The zero-order valence-electron chi connectivity index (χ0n) is 14.5. The molecule has 1 aliphatic heterocycles. The third-order valence-electron chi connectivity index (χ3n) is 4.51. The van der Waals surface area contributed by atoms with Crippen molar-refractivity contribution in [2.24, 2.45) is 0 Å². The van der Waals surface area contributed by atoms with E-state index in [0.717, 1.165) is 12.1 Å². The van der Waals surface area contributed by atoms with Crippen molar-refractivity contribution >= 4 is 23.4 Å². The van der Waals surface area contributed by atoms with Gasteiger partial charge in [0.15, 0.2) is 17.5 Å². The number of halogens is 5. The van der Waals surface area contributed by atoms with Gasteiger partial charge in [0.05, 0.1) is 16.1 Å². The molecule has 0 spiro atoms. The van der Waals surface area contributed by atoms with Crippen LogP contribution in [-0.2, 0) is 0 Å². The van der Waals surface area contributed by atoms with Gasteiger partial charge in [0.2, 0.25) is 0 Å². The summed E-state index contributed by atoms with van der Waals surface area (Å²) in [5.74, 6) is -6.83. The average molecular weight is 415 g/mol. The fraction of sp³-hybridized carbons (Fsp3) is 0.263. The molecule has 2 aromatic rings. The summed E-state index contributed by atoms with van der Waals surface area (Å²) >= 11 is 5.93. The molecule has 1 aliphatic rings. The van der Waals surface area contributed by atoms with E-state index >= 15 is 0 Å². The number of carbonyl (C=O) groups excluding carboxylic acids is 2. The van der Waals surface area contributed by atoms with E-state index in [-0.39, 0.29) is 36.8 Å². The molecule has 0 aromatic heterocycles. The van der Waals surface area contributed by atoms with Crippen molar-refractivity contribution in [1.82, 2.24) is 9.80 Å². The molecule has 1 heterocycles. The summed E-state index contributed by atoms with van der Waals surface area (Å²) in [4.78, 5) is 27.7. The van der Waals surface area contributed by atoms with E-state index in [4.69, 9.17) is 11.6 Å². The highest BCUT2D eigenvalue weighted by Crippen LogP contribution is 2.22. The van der Waals surface area contributed by atoms with Crippen LogP contribution in [0.1, 0.15) is 27.1 Å². The van der Waals surface area contributed by atoms with E-state index < -0.39 is 40.6 Å². The zero-order valence-corrected chi connectivity index (χ0v) is 15.3. The van der Waals surface area contributed by atoms with E-state index in [0.29, 0.717) is 12.5 Å². The van der Waals surface area contributed by atoms with Crippen LogP contribution < -0.4 is 0 Å². The molecule has 148 valence electrons. The Hall–Kier alpha value is -2.61. The first-order valence-corrected chi connectivity index (χ1v) is 8.85. The quantitative estimate of drug-likeness (QED) is 0.552. The molecule has 1 fully saturated rings. The molecular weight excluding hydrogens is 400 g/mol. The summed E-state index contributed by atoms with van der Waals surface area (Å²) in [7, 11) is 0. The molecule has 28 heavy (non-hydrogen) atoms. The number of rotatable bonds is 2. The van der Waals surface area contributed by atoms with Crippen LogP contribution in [0, 0.1) is 23.3 Å². The van der Waals surface area contributed by atoms with Gasteiger partial charge in [-0.25, -0.2) is 17.6 Å². The van der Waals surface area contributed by atoms with Crippen LogP contribution in [0.15, 0.2) is 30.3 Å². The van der Waals surface area contributed by atoms with Gasteiger partial charge < -0.3 is 9.80 Å². The summed E-state index contributed by atoms with van der Waals surface area (Å²) in [6, 6.07) is 5.46. The van der Waals surface area contributed by atoms with Crippen LogP contribution in [0.2, 0.25) is 5.02 Å². The van der Waals surface area contributed by atoms with E-state index in [9.17, 15) is 27.2 Å². The molecule has 0 N–H and O–H groups in total. The van der Waals surface area contributed by atoms with Crippen LogP contribution in [-0.4, -0.2) is 47.8 Å². The van der Waals surface area contributed by atoms with Gasteiger partial charge in [-0.3, -0.25) is 9.59 Å². The minimum Gasteiger partial charge on any atom is -0.337 e. The fourth-order valence-electron chi connectivity index (χ4n) is 3.05. The van der Waals surface area contributed by atoms with Gasteiger partial charge in [0.1, 0.15) is 5.82 Å². The van der Waals surface area contributed by atoms with Gasteiger partial charge in [-0.05, 0) is 30.7 Å². The molecule has 0 radical (unpaired) electrons. The second-order valence-corrected chi connectivity index (χ2v) is 6.66. The predicted octanol–water partition coefficient (Wildman–Crippen LogP) is 3.88. The van der Waals surface area contributed by atoms with Crippen molar-refractivity contribution in [3.05, 3.63) is 69.8 Å². The lowest BCUT2D eigenvalue weighted by Crippen LogP contribution is -2.38. The Morgan fingerprint density at radius 1 is 0.786 bits per heavy atom. The molecule has 0 bridgehead atoms. The Kier molecular flexibility index (Phi) is 5.88. The van der Waals surface area contributed by atoms with Crippen molar-refractivity contribution in [3.8, 4) is 0 Å². The summed E-state index contributed by atoms with van der Waals surface area (Å²) in [6.45, 7) is 0.481. The number of benzene rings is 2. The molecule has 0 aliphatic carbocycles. The third-order valence-corrected chi connectivity index (χ3v) is 4.83. The second kappa shape index (κ2) is 8.18. The van der Waals surface area contributed by atoms with E-state index in [1.54, 1.807) is 0 Å². The van der Waals surface area contributed by atoms with Crippen LogP contribution in [0.3, 0.4) is 0 Å². The summed E-state index contributed by atoms with van der Waals surface area (Å²) < 4.78 is 54.4. The Morgan fingerprint density at radius 2 is 1.43 bits per heavy atom. The molecule has 3 rings (SSSR count). The molecule has 4 nitrogen and oxygen atoms in total. The largest absolute Gasteiger partial charge is 0.337 e. The average Bonchev–Trinajstić information content (AvgIpc) is 2.92. The van der Waals surface area contributed by atoms with E-state index in [1.807, 2.05) is 0 Å². The van der Waals surface area contributed by atoms with Crippen molar-refractivity contribution in [2.45, 2.75) is 6.42 Å².